The van der Waals surface area contributed by atoms with Crippen molar-refractivity contribution in [2.24, 2.45) is 5.92 Å². The van der Waals surface area contributed by atoms with Gasteiger partial charge in [0.15, 0.2) is 6.61 Å². The number of hydrogen-bond acceptors (Lipinski definition) is 3. The van der Waals surface area contributed by atoms with Crippen LogP contribution in [-0.2, 0) is 9.59 Å². The van der Waals surface area contributed by atoms with E-state index in [-0.39, 0.29) is 30.2 Å². The number of halogens is 1. The first-order valence-corrected chi connectivity index (χ1v) is 9.58. The molecule has 1 saturated heterocycles. The van der Waals surface area contributed by atoms with Crippen LogP contribution in [0.15, 0.2) is 24.3 Å². The van der Waals surface area contributed by atoms with Crippen molar-refractivity contribution < 1.29 is 18.7 Å². The van der Waals surface area contributed by atoms with E-state index in [1.165, 1.54) is 30.7 Å². The largest absolute Gasteiger partial charge is 0.484 e. The summed E-state index contributed by atoms with van der Waals surface area (Å²) < 4.78 is 18.3. The second-order valence-electron chi connectivity index (χ2n) is 7.14. The molecule has 2 fully saturated rings. The van der Waals surface area contributed by atoms with Crippen molar-refractivity contribution in [3.8, 4) is 5.75 Å². The summed E-state index contributed by atoms with van der Waals surface area (Å²) in [4.78, 5) is 28.8. The third kappa shape index (κ3) is 4.96. The Kier molecular flexibility index (Phi) is 6.47. The second kappa shape index (κ2) is 9.01. The SMILES string of the molecule is O=C(COc1ccc(F)cc1)N1CCCN(C(=O)C2CCCCC2)CC1. The molecule has 0 N–H and O–H groups in total. The zero-order valence-corrected chi connectivity index (χ0v) is 15.2. The summed E-state index contributed by atoms with van der Waals surface area (Å²) in [5.41, 5.74) is 0. The van der Waals surface area contributed by atoms with E-state index in [1.807, 2.05) is 4.90 Å². The van der Waals surface area contributed by atoms with E-state index in [2.05, 4.69) is 0 Å². The summed E-state index contributed by atoms with van der Waals surface area (Å²) in [6, 6.07) is 5.63. The molecule has 6 heteroatoms. The maximum atomic E-state index is 12.9. The Labute approximate surface area is 154 Å². The summed E-state index contributed by atoms with van der Waals surface area (Å²) in [5, 5.41) is 0. The molecule has 1 aliphatic heterocycles. The van der Waals surface area contributed by atoms with E-state index in [9.17, 15) is 14.0 Å². The van der Waals surface area contributed by atoms with E-state index in [1.54, 1.807) is 4.90 Å². The minimum atomic E-state index is -0.334. The lowest BCUT2D eigenvalue weighted by molar-refractivity contribution is -0.137. The molecule has 0 bridgehead atoms. The van der Waals surface area contributed by atoms with E-state index < -0.39 is 0 Å². The van der Waals surface area contributed by atoms with Gasteiger partial charge < -0.3 is 14.5 Å². The van der Waals surface area contributed by atoms with E-state index >= 15 is 0 Å². The molecule has 2 amide bonds. The number of carbonyl (C=O) groups is 2. The van der Waals surface area contributed by atoms with Crippen molar-refractivity contribution in [3.05, 3.63) is 30.1 Å². The summed E-state index contributed by atoms with van der Waals surface area (Å²) in [6.07, 6.45) is 6.33. The number of rotatable bonds is 4. The van der Waals surface area contributed by atoms with Gasteiger partial charge in [0.25, 0.3) is 5.91 Å². The van der Waals surface area contributed by atoms with Gasteiger partial charge in [0.1, 0.15) is 11.6 Å². The van der Waals surface area contributed by atoms with Crippen molar-refractivity contribution in [2.75, 3.05) is 32.8 Å². The molecule has 0 radical (unpaired) electrons. The van der Waals surface area contributed by atoms with Gasteiger partial charge in [-0.1, -0.05) is 19.3 Å². The molecule has 1 aliphatic carbocycles. The van der Waals surface area contributed by atoms with Crippen LogP contribution in [-0.4, -0.2) is 54.4 Å². The Balaban J connectivity index is 1.47. The molecule has 1 aromatic carbocycles. The third-order valence-electron chi connectivity index (χ3n) is 5.29. The van der Waals surface area contributed by atoms with Crippen molar-refractivity contribution >= 4 is 11.8 Å². The van der Waals surface area contributed by atoms with Crippen molar-refractivity contribution in [1.82, 2.24) is 9.80 Å². The van der Waals surface area contributed by atoms with Gasteiger partial charge in [-0.2, -0.15) is 0 Å². The lowest BCUT2D eigenvalue weighted by atomic mass is 9.88. The number of carbonyl (C=O) groups excluding carboxylic acids is 2. The Morgan fingerprint density at radius 2 is 1.58 bits per heavy atom. The maximum Gasteiger partial charge on any atom is 0.260 e. The number of benzene rings is 1. The van der Waals surface area contributed by atoms with E-state index in [0.717, 1.165) is 38.6 Å². The summed E-state index contributed by atoms with van der Waals surface area (Å²) >= 11 is 0. The second-order valence-corrected chi connectivity index (χ2v) is 7.14. The standard InChI is InChI=1S/C20H27FN2O3/c21-17-7-9-18(10-8-17)26-15-19(24)22-11-4-12-23(14-13-22)20(25)16-5-2-1-3-6-16/h7-10,16H,1-6,11-15H2. The highest BCUT2D eigenvalue weighted by atomic mass is 19.1. The minimum Gasteiger partial charge on any atom is -0.484 e. The molecule has 26 heavy (non-hydrogen) atoms. The van der Waals surface area contributed by atoms with Crippen molar-refractivity contribution in [1.29, 1.82) is 0 Å². The average Bonchev–Trinajstić information content (AvgIpc) is 2.94. The van der Waals surface area contributed by atoms with Gasteiger partial charge >= 0.3 is 0 Å². The van der Waals surface area contributed by atoms with Crippen molar-refractivity contribution in [3.63, 3.8) is 0 Å². The smallest absolute Gasteiger partial charge is 0.260 e. The van der Waals surface area contributed by atoms with Crippen LogP contribution in [0.4, 0.5) is 4.39 Å². The summed E-state index contributed by atoms with van der Waals surface area (Å²) in [7, 11) is 0. The first kappa shape index (κ1) is 18.7. The fourth-order valence-corrected chi connectivity index (χ4v) is 3.76. The van der Waals surface area contributed by atoms with Gasteiger partial charge in [-0.15, -0.1) is 0 Å². The van der Waals surface area contributed by atoms with E-state index in [4.69, 9.17) is 4.74 Å². The molecule has 0 atom stereocenters. The van der Waals surface area contributed by atoms with Crippen LogP contribution < -0.4 is 4.74 Å². The molecule has 2 aliphatic rings. The molecule has 1 heterocycles. The predicted molar refractivity (Wildman–Crippen MR) is 96.2 cm³/mol. The minimum absolute atomic E-state index is 0.0673. The van der Waals surface area contributed by atoms with Gasteiger partial charge in [-0.25, -0.2) is 4.39 Å². The predicted octanol–water partition coefficient (Wildman–Crippen LogP) is 2.85. The Bertz CT molecular complexity index is 614. The first-order chi connectivity index (χ1) is 12.6. The molecule has 142 valence electrons. The zero-order valence-electron chi connectivity index (χ0n) is 15.2. The van der Waals surface area contributed by atoms with Crippen LogP contribution in [0.1, 0.15) is 38.5 Å². The molecular formula is C20H27FN2O3. The molecule has 0 unspecified atom stereocenters. The van der Waals surface area contributed by atoms with Crippen LogP contribution >= 0.6 is 0 Å². The monoisotopic (exact) mass is 362 g/mol. The van der Waals surface area contributed by atoms with Gasteiger partial charge in [0, 0.05) is 32.1 Å². The molecule has 0 aromatic heterocycles. The van der Waals surface area contributed by atoms with Crippen LogP contribution in [0, 0.1) is 11.7 Å². The third-order valence-corrected chi connectivity index (χ3v) is 5.29. The molecule has 1 saturated carbocycles. The molecule has 3 rings (SSSR count). The van der Waals surface area contributed by atoms with Gasteiger partial charge in [-0.05, 0) is 43.5 Å². The summed E-state index contributed by atoms with van der Waals surface area (Å²) in [5.74, 6) is 0.484. The number of hydrogen-bond donors (Lipinski definition) is 0. The Hall–Kier alpha value is -2.11. The topological polar surface area (TPSA) is 49.9 Å². The number of ether oxygens (including phenoxy) is 1. The number of nitrogens with zero attached hydrogens (tertiary/aromatic N) is 2. The fourth-order valence-electron chi connectivity index (χ4n) is 3.76. The number of amides is 2. The Morgan fingerprint density at radius 3 is 2.31 bits per heavy atom. The fraction of sp³-hybridized carbons (Fsp3) is 0.600. The highest BCUT2D eigenvalue weighted by molar-refractivity contribution is 5.80. The summed E-state index contributed by atoms with van der Waals surface area (Å²) in [6.45, 7) is 2.43. The van der Waals surface area contributed by atoms with Crippen LogP contribution in [0.3, 0.4) is 0 Å². The average molecular weight is 362 g/mol. The lowest BCUT2D eigenvalue weighted by Gasteiger charge is -2.28. The molecular weight excluding hydrogens is 335 g/mol. The van der Waals surface area contributed by atoms with Crippen molar-refractivity contribution in [2.45, 2.75) is 38.5 Å². The molecule has 0 spiro atoms. The van der Waals surface area contributed by atoms with Crippen LogP contribution in [0.25, 0.3) is 0 Å². The first-order valence-electron chi connectivity index (χ1n) is 9.58. The van der Waals surface area contributed by atoms with Gasteiger partial charge in [0.2, 0.25) is 5.91 Å². The highest BCUT2D eigenvalue weighted by Crippen LogP contribution is 2.25. The van der Waals surface area contributed by atoms with Crippen LogP contribution in [0.5, 0.6) is 5.75 Å². The van der Waals surface area contributed by atoms with Gasteiger partial charge in [-0.3, -0.25) is 9.59 Å². The highest BCUT2D eigenvalue weighted by Gasteiger charge is 2.28. The quantitative estimate of drug-likeness (QED) is 0.828. The normalized spacial score (nSPS) is 19.1. The maximum absolute atomic E-state index is 12.9. The van der Waals surface area contributed by atoms with Crippen LogP contribution in [0.2, 0.25) is 0 Å². The van der Waals surface area contributed by atoms with Gasteiger partial charge in [0.05, 0.1) is 0 Å². The molecule has 5 nitrogen and oxygen atoms in total. The molecule has 1 aromatic rings. The lowest BCUT2D eigenvalue weighted by Crippen LogP contribution is -2.41. The van der Waals surface area contributed by atoms with E-state index in [0.29, 0.717) is 25.4 Å². The zero-order chi connectivity index (χ0) is 18.4. The Morgan fingerprint density at radius 1 is 0.923 bits per heavy atom.